The standard InChI is InChI=1S/C25H36O9/c1-18(31-16-27-4)23-24(34-25(2,3)33-23)22(26)12-11-21(32-17-28-5)13-14-30-15-19-7-9-20(29-6)10-8-19/h7-10,18,21,23-24H,13-17H2,1-6H3/t18-,21-,23-,24-/m0/s1. The second kappa shape index (κ2) is 14.4. The lowest BCUT2D eigenvalue weighted by molar-refractivity contribution is -0.167. The van der Waals surface area contributed by atoms with Gasteiger partial charge < -0.3 is 37.9 Å². The molecule has 9 nitrogen and oxygen atoms in total. The fraction of sp³-hybridized carbons (Fsp3) is 0.640. The molecular weight excluding hydrogens is 444 g/mol. The van der Waals surface area contributed by atoms with Gasteiger partial charge in [0.05, 0.1) is 26.4 Å². The Labute approximate surface area is 201 Å². The van der Waals surface area contributed by atoms with Crippen molar-refractivity contribution in [3.05, 3.63) is 29.8 Å². The molecule has 2 rings (SSSR count). The Balaban J connectivity index is 1.94. The zero-order valence-electron chi connectivity index (χ0n) is 20.8. The largest absolute Gasteiger partial charge is 0.497 e. The average Bonchev–Trinajstić information content (AvgIpc) is 3.17. The first-order valence-electron chi connectivity index (χ1n) is 11.1. The summed E-state index contributed by atoms with van der Waals surface area (Å²) in [5.74, 6) is 4.98. The molecule has 9 heteroatoms. The number of benzene rings is 1. The lowest BCUT2D eigenvalue weighted by Crippen LogP contribution is -2.40. The number of Topliss-reactive ketones (excluding diaryl/α,β-unsaturated/α-hetero) is 1. The van der Waals surface area contributed by atoms with Crippen molar-refractivity contribution in [3.63, 3.8) is 0 Å². The molecule has 4 atom stereocenters. The van der Waals surface area contributed by atoms with Crippen LogP contribution in [0.1, 0.15) is 32.8 Å². The van der Waals surface area contributed by atoms with Crippen molar-refractivity contribution in [2.45, 2.75) is 64.0 Å². The van der Waals surface area contributed by atoms with Gasteiger partial charge in [0, 0.05) is 20.6 Å². The summed E-state index contributed by atoms with van der Waals surface area (Å²) in [4.78, 5) is 12.9. The number of carbonyl (C=O) groups excluding carboxylic acids is 1. The van der Waals surface area contributed by atoms with E-state index in [1.807, 2.05) is 24.3 Å². The van der Waals surface area contributed by atoms with E-state index in [0.717, 1.165) is 11.3 Å². The molecule has 1 aromatic rings. The van der Waals surface area contributed by atoms with E-state index in [0.29, 0.717) is 19.6 Å². The minimum absolute atomic E-state index is 0.0482. The molecule has 1 saturated heterocycles. The predicted molar refractivity (Wildman–Crippen MR) is 123 cm³/mol. The van der Waals surface area contributed by atoms with Crippen LogP contribution in [0.5, 0.6) is 5.75 Å². The second-order valence-corrected chi connectivity index (χ2v) is 8.18. The van der Waals surface area contributed by atoms with Crippen LogP contribution in [0.15, 0.2) is 24.3 Å². The van der Waals surface area contributed by atoms with Crippen LogP contribution in [0.4, 0.5) is 0 Å². The summed E-state index contributed by atoms with van der Waals surface area (Å²) in [6.45, 7) is 6.25. The molecule has 0 N–H and O–H groups in total. The zero-order valence-corrected chi connectivity index (χ0v) is 20.8. The number of methoxy groups -OCH3 is 3. The van der Waals surface area contributed by atoms with E-state index in [2.05, 4.69) is 11.8 Å². The highest BCUT2D eigenvalue weighted by atomic mass is 16.8. The van der Waals surface area contributed by atoms with Gasteiger partial charge in [-0.15, -0.1) is 0 Å². The highest BCUT2D eigenvalue weighted by Gasteiger charge is 2.47. The Hall–Kier alpha value is -2.03. The molecule has 0 amide bonds. The maximum absolute atomic E-state index is 12.9. The Bertz CT molecular complexity index is 797. The molecule has 34 heavy (non-hydrogen) atoms. The monoisotopic (exact) mass is 480 g/mol. The van der Waals surface area contributed by atoms with Gasteiger partial charge in [0.25, 0.3) is 0 Å². The van der Waals surface area contributed by atoms with Gasteiger partial charge >= 0.3 is 0 Å². The minimum atomic E-state index is -0.932. The van der Waals surface area contributed by atoms with Crippen molar-refractivity contribution in [3.8, 4) is 17.6 Å². The summed E-state index contributed by atoms with van der Waals surface area (Å²) in [6.07, 6.45) is -2.01. The molecule has 1 aliphatic heterocycles. The zero-order chi connectivity index (χ0) is 25.0. The van der Waals surface area contributed by atoms with Gasteiger partial charge in [-0.2, -0.15) is 0 Å². The van der Waals surface area contributed by atoms with Crippen LogP contribution in [0.2, 0.25) is 0 Å². The maximum atomic E-state index is 12.9. The van der Waals surface area contributed by atoms with E-state index in [1.54, 1.807) is 27.9 Å². The van der Waals surface area contributed by atoms with Crippen LogP contribution in [0.25, 0.3) is 0 Å². The highest BCUT2D eigenvalue weighted by Crippen LogP contribution is 2.31. The fourth-order valence-corrected chi connectivity index (χ4v) is 3.28. The molecule has 1 fully saturated rings. The summed E-state index contributed by atoms with van der Waals surface area (Å²) in [5, 5.41) is 0. The smallest absolute Gasteiger partial charge is 0.237 e. The minimum Gasteiger partial charge on any atom is -0.497 e. The highest BCUT2D eigenvalue weighted by molar-refractivity contribution is 5.99. The molecule has 0 bridgehead atoms. The quantitative estimate of drug-likeness (QED) is 0.172. The molecule has 1 aliphatic rings. The number of hydrogen-bond donors (Lipinski definition) is 0. The SMILES string of the molecule is COCO[C@@H](C)[C@@H]1OC(C)(C)O[C@H]1C(=O)C#C[C@@H](CCOCc1ccc(OC)cc1)OCOC. The van der Waals surface area contributed by atoms with Crippen molar-refractivity contribution in [1.82, 2.24) is 0 Å². The third-order valence-corrected chi connectivity index (χ3v) is 4.99. The van der Waals surface area contributed by atoms with E-state index in [1.165, 1.54) is 14.2 Å². The number of carbonyl (C=O) groups is 1. The number of rotatable bonds is 14. The molecule has 1 aromatic carbocycles. The molecule has 0 aliphatic carbocycles. The predicted octanol–water partition coefficient (Wildman–Crippen LogP) is 2.69. The summed E-state index contributed by atoms with van der Waals surface area (Å²) < 4.78 is 43.7. The molecule has 0 saturated carbocycles. The van der Waals surface area contributed by atoms with E-state index in [-0.39, 0.29) is 13.6 Å². The Morgan fingerprint density at radius 1 is 1.06 bits per heavy atom. The van der Waals surface area contributed by atoms with Crippen LogP contribution < -0.4 is 4.74 Å². The normalized spacial score (nSPS) is 20.9. The molecule has 0 aromatic heterocycles. The molecule has 0 radical (unpaired) electrons. The van der Waals surface area contributed by atoms with Crippen LogP contribution >= 0.6 is 0 Å². The van der Waals surface area contributed by atoms with Crippen LogP contribution in [-0.4, -0.2) is 77.5 Å². The Morgan fingerprint density at radius 2 is 1.74 bits per heavy atom. The maximum Gasteiger partial charge on any atom is 0.237 e. The van der Waals surface area contributed by atoms with Gasteiger partial charge in [-0.25, -0.2) is 0 Å². The van der Waals surface area contributed by atoms with Crippen molar-refractivity contribution in [2.24, 2.45) is 0 Å². The third-order valence-electron chi connectivity index (χ3n) is 4.99. The molecule has 190 valence electrons. The summed E-state index contributed by atoms with van der Waals surface area (Å²) in [5.41, 5.74) is 1.02. The number of ether oxygens (including phenoxy) is 8. The summed E-state index contributed by atoms with van der Waals surface area (Å²) >= 11 is 0. The summed E-state index contributed by atoms with van der Waals surface area (Å²) in [6, 6.07) is 7.64. The molecule has 1 heterocycles. The van der Waals surface area contributed by atoms with E-state index in [4.69, 9.17) is 37.9 Å². The fourth-order valence-electron chi connectivity index (χ4n) is 3.28. The average molecular weight is 481 g/mol. The molecule has 0 spiro atoms. The van der Waals surface area contributed by atoms with Gasteiger partial charge in [0.15, 0.2) is 11.9 Å². The van der Waals surface area contributed by atoms with E-state index < -0.39 is 36.0 Å². The molecule has 0 unspecified atom stereocenters. The van der Waals surface area contributed by atoms with E-state index in [9.17, 15) is 4.79 Å². The van der Waals surface area contributed by atoms with Gasteiger partial charge in [-0.1, -0.05) is 18.1 Å². The molecular formula is C25H36O9. The van der Waals surface area contributed by atoms with Crippen LogP contribution in [0, 0.1) is 11.8 Å². The Morgan fingerprint density at radius 3 is 2.38 bits per heavy atom. The number of ketones is 1. The first-order valence-corrected chi connectivity index (χ1v) is 11.1. The van der Waals surface area contributed by atoms with Gasteiger partial charge in [-0.05, 0) is 44.4 Å². The topological polar surface area (TPSA) is 90.9 Å². The van der Waals surface area contributed by atoms with Crippen LogP contribution in [0.3, 0.4) is 0 Å². The lowest BCUT2D eigenvalue weighted by Gasteiger charge is -2.22. The van der Waals surface area contributed by atoms with Crippen molar-refractivity contribution >= 4 is 5.78 Å². The van der Waals surface area contributed by atoms with Gasteiger partial charge in [0.1, 0.15) is 31.5 Å². The van der Waals surface area contributed by atoms with Crippen molar-refractivity contribution in [2.75, 3.05) is 41.5 Å². The third kappa shape index (κ3) is 9.31. The lowest BCUT2D eigenvalue weighted by atomic mass is 10.1. The first-order chi connectivity index (χ1) is 16.3. The van der Waals surface area contributed by atoms with Gasteiger partial charge in [-0.3, -0.25) is 4.79 Å². The van der Waals surface area contributed by atoms with Crippen molar-refractivity contribution < 1.29 is 42.7 Å². The van der Waals surface area contributed by atoms with Gasteiger partial charge in [0.2, 0.25) is 5.78 Å². The van der Waals surface area contributed by atoms with E-state index >= 15 is 0 Å². The Kier molecular flexibility index (Phi) is 11.9. The first kappa shape index (κ1) is 28.2. The van der Waals surface area contributed by atoms with Crippen molar-refractivity contribution in [1.29, 1.82) is 0 Å². The summed E-state index contributed by atoms with van der Waals surface area (Å²) in [7, 11) is 4.67. The second-order valence-electron chi connectivity index (χ2n) is 8.18. The van der Waals surface area contributed by atoms with Crippen LogP contribution in [-0.2, 0) is 44.6 Å². The number of hydrogen-bond acceptors (Lipinski definition) is 9.